The Morgan fingerprint density at radius 2 is 1.58 bits per heavy atom. The van der Waals surface area contributed by atoms with Crippen LogP contribution >= 0.6 is 0 Å². The Morgan fingerprint density at radius 1 is 0.895 bits per heavy atom. The van der Waals surface area contributed by atoms with Crippen molar-refractivity contribution in [1.29, 1.82) is 0 Å². The molecule has 200 valence electrons. The molecule has 1 aliphatic rings. The van der Waals surface area contributed by atoms with Crippen molar-refractivity contribution in [2.24, 2.45) is 0 Å². The van der Waals surface area contributed by atoms with Crippen molar-refractivity contribution in [3.8, 4) is 0 Å². The van der Waals surface area contributed by atoms with Gasteiger partial charge in [0.25, 0.3) is 11.8 Å². The lowest BCUT2D eigenvalue weighted by atomic mass is 9.99. The molecule has 0 aliphatic carbocycles. The molecular weight excluding hydrogens is 492 g/mol. The lowest BCUT2D eigenvalue weighted by Crippen LogP contribution is -2.48. The van der Waals surface area contributed by atoms with E-state index in [1.165, 1.54) is 18.2 Å². The van der Waals surface area contributed by atoms with Crippen LogP contribution in [0.2, 0.25) is 0 Å². The Labute approximate surface area is 220 Å². The van der Waals surface area contributed by atoms with Gasteiger partial charge in [-0.15, -0.1) is 0 Å². The van der Waals surface area contributed by atoms with Crippen LogP contribution in [-0.2, 0) is 17.7 Å². The van der Waals surface area contributed by atoms with Crippen LogP contribution in [0.15, 0.2) is 72.8 Å². The van der Waals surface area contributed by atoms with Gasteiger partial charge in [0.1, 0.15) is 11.6 Å². The molecule has 4 rings (SSSR count). The molecule has 0 spiro atoms. The molecule has 9 heteroatoms. The smallest absolute Gasteiger partial charge is 0.254 e. The van der Waals surface area contributed by atoms with Gasteiger partial charge in [-0.1, -0.05) is 36.4 Å². The lowest BCUT2D eigenvalue weighted by Gasteiger charge is -2.27. The van der Waals surface area contributed by atoms with Crippen LogP contribution in [0.1, 0.15) is 31.8 Å². The number of carbonyl (C=O) groups is 2. The molecule has 0 aromatic heterocycles. The van der Waals surface area contributed by atoms with E-state index in [1.54, 1.807) is 23.1 Å². The highest BCUT2D eigenvalue weighted by atomic mass is 19.1. The molecule has 1 saturated heterocycles. The van der Waals surface area contributed by atoms with Gasteiger partial charge in [-0.3, -0.25) is 9.59 Å². The summed E-state index contributed by atoms with van der Waals surface area (Å²) in [5, 5.41) is 16.9. The number of aliphatic hydroxyl groups is 1. The molecule has 1 aliphatic heterocycles. The van der Waals surface area contributed by atoms with Crippen molar-refractivity contribution in [2.45, 2.75) is 25.1 Å². The van der Waals surface area contributed by atoms with Gasteiger partial charge in [0, 0.05) is 43.4 Å². The Balaban J connectivity index is 1.47. The van der Waals surface area contributed by atoms with Gasteiger partial charge in [0.2, 0.25) is 0 Å². The van der Waals surface area contributed by atoms with E-state index < -0.39 is 29.7 Å². The molecule has 2 atom stereocenters. The standard InChI is InChI=1S/C29H31F2N3O4/c30-24-13-21(14-25(31)17-24)15-26(27(35)19-32-18-20-5-2-1-3-6-20)33-28(36)22-7-4-8-23(16-22)29(37)34-9-11-38-12-10-34/h1-8,13-14,16-17,26-27,32,35H,9-12,15,18-19H2,(H,33,36)/t26-,27+/m0/s1. The average Bonchev–Trinajstić information content (AvgIpc) is 2.93. The average molecular weight is 524 g/mol. The van der Waals surface area contributed by atoms with Crippen molar-refractivity contribution in [2.75, 3.05) is 32.8 Å². The summed E-state index contributed by atoms with van der Waals surface area (Å²) in [6.45, 7) is 2.51. The minimum absolute atomic E-state index is 0.000995. The number of rotatable bonds is 10. The molecular formula is C29H31F2N3O4. The Morgan fingerprint density at radius 3 is 2.29 bits per heavy atom. The topological polar surface area (TPSA) is 90.9 Å². The quantitative estimate of drug-likeness (QED) is 0.380. The number of hydrogen-bond acceptors (Lipinski definition) is 5. The molecule has 38 heavy (non-hydrogen) atoms. The highest BCUT2D eigenvalue weighted by Gasteiger charge is 2.24. The van der Waals surface area contributed by atoms with Crippen LogP contribution in [0.5, 0.6) is 0 Å². The van der Waals surface area contributed by atoms with Crippen LogP contribution < -0.4 is 10.6 Å². The van der Waals surface area contributed by atoms with Crippen LogP contribution in [-0.4, -0.2) is 66.8 Å². The van der Waals surface area contributed by atoms with Crippen molar-refractivity contribution in [3.05, 3.63) is 107 Å². The van der Waals surface area contributed by atoms with Crippen molar-refractivity contribution < 1.29 is 28.2 Å². The predicted molar refractivity (Wildman–Crippen MR) is 139 cm³/mol. The van der Waals surface area contributed by atoms with Crippen LogP contribution in [0, 0.1) is 11.6 Å². The van der Waals surface area contributed by atoms with Gasteiger partial charge in [-0.25, -0.2) is 8.78 Å². The van der Waals surface area contributed by atoms with Gasteiger partial charge in [-0.05, 0) is 47.9 Å². The molecule has 2 amide bonds. The van der Waals surface area contributed by atoms with E-state index in [0.717, 1.165) is 11.6 Å². The van der Waals surface area contributed by atoms with E-state index in [-0.39, 0.29) is 24.4 Å². The van der Waals surface area contributed by atoms with Crippen molar-refractivity contribution >= 4 is 11.8 Å². The molecule has 3 aromatic rings. The van der Waals surface area contributed by atoms with Gasteiger partial charge < -0.3 is 25.4 Å². The van der Waals surface area contributed by atoms with E-state index in [1.807, 2.05) is 30.3 Å². The number of morpholine rings is 1. The highest BCUT2D eigenvalue weighted by Crippen LogP contribution is 2.14. The first-order valence-electron chi connectivity index (χ1n) is 12.5. The fourth-order valence-corrected chi connectivity index (χ4v) is 4.36. The Hall–Kier alpha value is -3.66. The highest BCUT2D eigenvalue weighted by molar-refractivity contribution is 5.99. The second-order valence-corrected chi connectivity index (χ2v) is 9.23. The van der Waals surface area contributed by atoms with Gasteiger partial charge in [-0.2, -0.15) is 0 Å². The third kappa shape index (κ3) is 7.67. The minimum Gasteiger partial charge on any atom is -0.390 e. The summed E-state index contributed by atoms with van der Waals surface area (Å²) in [6.07, 6.45) is -1.06. The van der Waals surface area contributed by atoms with E-state index in [4.69, 9.17) is 4.74 Å². The number of ether oxygens (including phenoxy) is 1. The maximum absolute atomic E-state index is 13.8. The fraction of sp³-hybridized carbons (Fsp3) is 0.310. The number of aliphatic hydroxyl groups excluding tert-OH is 1. The normalized spacial score (nSPS) is 15.1. The first kappa shape index (κ1) is 27.4. The summed E-state index contributed by atoms with van der Waals surface area (Å²) >= 11 is 0. The summed E-state index contributed by atoms with van der Waals surface area (Å²) in [5.74, 6) is -2.18. The summed E-state index contributed by atoms with van der Waals surface area (Å²) in [7, 11) is 0. The lowest BCUT2D eigenvalue weighted by molar-refractivity contribution is 0.0303. The third-order valence-electron chi connectivity index (χ3n) is 6.35. The SMILES string of the molecule is O=C(N[C@@H](Cc1cc(F)cc(F)c1)[C@H](O)CNCc1ccccc1)c1cccc(C(=O)N2CCOCC2)c1. The van der Waals surface area contributed by atoms with Gasteiger partial charge >= 0.3 is 0 Å². The molecule has 0 unspecified atom stereocenters. The second kappa shape index (κ2) is 13.2. The zero-order chi connectivity index (χ0) is 26.9. The van der Waals surface area contributed by atoms with Gasteiger partial charge in [0.05, 0.1) is 25.4 Å². The monoisotopic (exact) mass is 523 g/mol. The maximum Gasteiger partial charge on any atom is 0.254 e. The summed E-state index contributed by atoms with van der Waals surface area (Å²) in [6, 6.07) is 18.2. The minimum atomic E-state index is -1.06. The molecule has 1 heterocycles. The number of nitrogens with one attached hydrogen (secondary N) is 2. The van der Waals surface area contributed by atoms with E-state index in [9.17, 15) is 23.5 Å². The van der Waals surface area contributed by atoms with Crippen LogP contribution in [0.3, 0.4) is 0 Å². The Kier molecular flexibility index (Phi) is 9.53. The van der Waals surface area contributed by atoms with Crippen molar-refractivity contribution in [3.63, 3.8) is 0 Å². The first-order valence-corrected chi connectivity index (χ1v) is 12.5. The zero-order valence-corrected chi connectivity index (χ0v) is 20.9. The third-order valence-corrected chi connectivity index (χ3v) is 6.35. The van der Waals surface area contributed by atoms with Crippen LogP contribution in [0.4, 0.5) is 8.78 Å². The molecule has 1 fully saturated rings. The number of amides is 2. The van der Waals surface area contributed by atoms with E-state index in [2.05, 4.69) is 10.6 Å². The summed E-state index contributed by atoms with van der Waals surface area (Å²) < 4.78 is 32.9. The van der Waals surface area contributed by atoms with Gasteiger partial charge in [0.15, 0.2) is 0 Å². The molecule has 3 N–H and O–H groups in total. The summed E-state index contributed by atoms with van der Waals surface area (Å²) in [5.41, 5.74) is 1.93. The summed E-state index contributed by atoms with van der Waals surface area (Å²) in [4.78, 5) is 27.7. The number of hydrogen-bond donors (Lipinski definition) is 3. The van der Waals surface area contributed by atoms with E-state index >= 15 is 0 Å². The number of benzene rings is 3. The predicted octanol–water partition coefficient (Wildman–Crippen LogP) is 2.93. The number of carbonyl (C=O) groups excluding carboxylic acids is 2. The second-order valence-electron chi connectivity index (χ2n) is 9.23. The number of nitrogens with zero attached hydrogens (tertiary/aromatic N) is 1. The zero-order valence-electron chi connectivity index (χ0n) is 20.9. The Bertz CT molecular complexity index is 1220. The largest absolute Gasteiger partial charge is 0.390 e. The molecule has 0 bridgehead atoms. The first-order chi connectivity index (χ1) is 18.4. The molecule has 3 aromatic carbocycles. The molecule has 0 radical (unpaired) electrons. The van der Waals surface area contributed by atoms with Crippen LogP contribution in [0.25, 0.3) is 0 Å². The maximum atomic E-state index is 13.8. The molecule has 0 saturated carbocycles. The van der Waals surface area contributed by atoms with Crippen molar-refractivity contribution in [1.82, 2.24) is 15.5 Å². The number of halogens is 2. The fourth-order valence-electron chi connectivity index (χ4n) is 4.36. The van der Waals surface area contributed by atoms with E-state index in [0.29, 0.717) is 44.0 Å². The molecule has 7 nitrogen and oxygen atoms in total.